The molecule has 0 heterocycles. The molecule has 1 unspecified atom stereocenters. The summed E-state index contributed by atoms with van der Waals surface area (Å²) in [6.45, 7) is 0.743. The summed E-state index contributed by atoms with van der Waals surface area (Å²) in [6, 6.07) is 6.81. The van der Waals surface area contributed by atoms with Crippen LogP contribution in [0.5, 0.6) is 0 Å². The molecule has 3 amide bonds. The zero-order valence-electron chi connectivity index (χ0n) is 12.7. The van der Waals surface area contributed by atoms with Gasteiger partial charge in [0.05, 0.1) is 6.54 Å². The van der Waals surface area contributed by atoms with Gasteiger partial charge in [-0.05, 0) is 36.5 Å². The first-order valence-corrected chi connectivity index (χ1v) is 7.72. The summed E-state index contributed by atoms with van der Waals surface area (Å²) in [5.41, 5.74) is 6.55. The Morgan fingerprint density at radius 1 is 1.22 bits per heavy atom. The summed E-state index contributed by atoms with van der Waals surface area (Å²) in [6.07, 6.45) is 2.22. The van der Waals surface area contributed by atoms with Crippen LogP contribution in [0.3, 0.4) is 0 Å². The molecule has 23 heavy (non-hydrogen) atoms. The molecule has 1 aliphatic rings. The lowest BCUT2D eigenvalue weighted by Gasteiger charge is -2.16. The largest absolute Gasteiger partial charge is 0.350 e. The average Bonchev–Trinajstić information content (AvgIpc) is 3.34. The van der Waals surface area contributed by atoms with Crippen molar-refractivity contribution in [3.8, 4) is 0 Å². The Labute approximate surface area is 146 Å². The van der Waals surface area contributed by atoms with E-state index in [1.54, 1.807) is 12.1 Å². The van der Waals surface area contributed by atoms with Gasteiger partial charge in [-0.2, -0.15) is 0 Å². The van der Waals surface area contributed by atoms with E-state index in [1.165, 1.54) is 0 Å². The second-order valence-corrected chi connectivity index (χ2v) is 5.85. The fraction of sp³-hybridized carbons (Fsp3) is 0.467. The average molecular weight is 361 g/mol. The highest BCUT2D eigenvalue weighted by atomic mass is 35.5. The summed E-state index contributed by atoms with van der Waals surface area (Å²) >= 11 is 5.79. The first-order valence-electron chi connectivity index (χ1n) is 7.34. The topological polar surface area (TPSA) is 96.2 Å². The Morgan fingerprint density at radius 2 is 1.87 bits per heavy atom. The number of carbonyl (C=O) groups is 2. The van der Waals surface area contributed by atoms with Gasteiger partial charge in [0.15, 0.2) is 0 Å². The van der Waals surface area contributed by atoms with Crippen molar-refractivity contribution in [2.75, 3.05) is 13.1 Å². The molecule has 128 valence electrons. The smallest absolute Gasteiger partial charge is 0.315 e. The highest BCUT2D eigenvalue weighted by Crippen LogP contribution is 2.32. The normalized spacial score (nSPS) is 14.3. The maximum Gasteiger partial charge on any atom is 0.315 e. The number of nitrogens with two attached hydrogens (primary N) is 1. The lowest BCUT2D eigenvalue weighted by Crippen LogP contribution is -2.47. The van der Waals surface area contributed by atoms with Crippen molar-refractivity contribution >= 4 is 35.9 Å². The molecule has 5 N–H and O–H groups in total. The van der Waals surface area contributed by atoms with Gasteiger partial charge in [-0.3, -0.25) is 4.79 Å². The highest BCUT2D eigenvalue weighted by molar-refractivity contribution is 6.30. The molecule has 1 aromatic carbocycles. The van der Waals surface area contributed by atoms with Crippen LogP contribution < -0.4 is 21.7 Å². The number of hydrogen-bond donors (Lipinski definition) is 4. The van der Waals surface area contributed by atoms with Crippen LogP contribution in [0.25, 0.3) is 0 Å². The van der Waals surface area contributed by atoms with Gasteiger partial charge in [-0.25, -0.2) is 4.79 Å². The SMILES string of the molecule is Cl.NCC(NC(=O)CNC(=O)NCc1ccc(Cl)cc1)C1CC1. The Hall–Kier alpha value is -1.50. The monoisotopic (exact) mass is 360 g/mol. The molecule has 0 spiro atoms. The van der Waals surface area contributed by atoms with Crippen molar-refractivity contribution in [3.05, 3.63) is 34.9 Å². The van der Waals surface area contributed by atoms with Crippen LogP contribution in [0.15, 0.2) is 24.3 Å². The molecule has 1 aliphatic carbocycles. The van der Waals surface area contributed by atoms with Crippen LogP contribution in [0.2, 0.25) is 5.02 Å². The number of carbonyl (C=O) groups excluding carboxylic acids is 2. The molecular weight excluding hydrogens is 339 g/mol. The van der Waals surface area contributed by atoms with E-state index in [-0.39, 0.29) is 36.9 Å². The summed E-state index contributed by atoms with van der Waals surface area (Å²) in [4.78, 5) is 23.4. The minimum absolute atomic E-state index is 0. The van der Waals surface area contributed by atoms with Crippen LogP contribution >= 0.6 is 24.0 Å². The van der Waals surface area contributed by atoms with Crippen molar-refractivity contribution in [3.63, 3.8) is 0 Å². The fourth-order valence-electron chi connectivity index (χ4n) is 2.13. The van der Waals surface area contributed by atoms with Crippen LogP contribution in [0, 0.1) is 5.92 Å². The quantitative estimate of drug-likeness (QED) is 0.591. The van der Waals surface area contributed by atoms with Crippen molar-refractivity contribution in [2.45, 2.75) is 25.4 Å². The van der Waals surface area contributed by atoms with Crippen molar-refractivity contribution < 1.29 is 9.59 Å². The number of urea groups is 1. The van der Waals surface area contributed by atoms with Gasteiger partial charge in [0.25, 0.3) is 0 Å². The molecule has 2 rings (SSSR count). The third-order valence-corrected chi connectivity index (χ3v) is 3.82. The van der Waals surface area contributed by atoms with Crippen LogP contribution in [-0.2, 0) is 11.3 Å². The minimum atomic E-state index is -0.388. The minimum Gasteiger partial charge on any atom is -0.350 e. The lowest BCUT2D eigenvalue weighted by atomic mass is 10.2. The number of amides is 3. The molecule has 0 aliphatic heterocycles. The zero-order valence-corrected chi connectivity index (χ0v) is 14.3. The first-order chi connectivity index (χ1) is 10.6. The number of benzene rings is 1. The molecule has 1 atom stereocenters. The predicted molar refractivity (Wildman–Crippen MR) is 92.6 cm³/mol. The number of hydrogen-bond acceptors (Lipinski definition) is 3. The third-order valence-electron chi connectivity index (χ3n) is 3.57. The van der Waals surface area contributed by atoms with Gasteiger partial charge < -0.3 is 21.7 Å². The highest BCUT2D eigenvalue weighted by Gasteiger charge is 2.31. The van der Waals surface area contributed by atoms with E-state index >= 15 is 0 Å². The second-order valence-electron chi connectivity index (χ2n) is 5.41. The van der Waals surface area contributed by atoms with Crippen LogP contribution in [0.4, 0.5) is 4.79 Å². The maximum atomic E-state index is 11.7. The van der Waals surface area contributed by atoms with Gasteiger partial charge >= 0.3 is 6.03 Å². The first kappa shape index (κ1) is 19.5. The predicted octanol–water partition coefficient (Wildman–Crippen LogP) is 1.41. The van der Waals surface area contributed by atoms with E-state index in [0.717, 1.165) is 18.4 Å². The van der Waals surface area contributed by atoms with E-state index in [1.807, 2.05) is 12.1 Å². The standard InChI is InChI=1S/C15H21ClN4O2.ClH/c16-12-5-1-10(2-6-12)8-18-15(22)19-9-14(21)20-13(7-17)11-3-4-11;/h1-2,5-6,11,13H,3-4,7-9,17H2,(H,20,21)(H2,18,19,22);1H. The van der Waals surface area contributed by atoms with E-state index in [9.17, 15) is 9.59 Å². The van der Waals surface area contributed by atoms with E-state index in [4.69, 9.17) is 17.3 Å². The Balaban J connectivity index is 0.00000264. The Kier molecular flexibility index (Phi) is 8.16. The molecule has 0 saturated heterocycles. The molecule has 1 fully saturated rings. The fourth-order valence-corrected chi connectivity index (χ4v) is 2.26. The van der Waals surface area contributed by atoms with Gasteiger partial charge in [0, 0.05) is 24.2 Å². The van der Waals surface area contributed by atoms with Crippen molar-refractivity contribution in [1.29, 1.82) is 0 Å². The maximum absolute atomic E-state index is 11.7. The molecule has 1 aromatic rings. The van der Waals surface area contributed by atoms with Gasteiger partial charge in [0.2, 0.25) is 5.91 Å². The van der Waals surface area contributed by atoms with E-state index < -0.39 is 0 Å². The lowest BCUT2D eigenvalue weighted by molar-refractivity contribution is -0.120. The number of rotatable bonds is 7. The van der Waals surface area contributed by atoms with Gasteiger partial charge in [-0.1, -0.05) is 23.7 Å². The number of nitrogens with one attached hydrogen (secondary N) is 3. The zero-order chi connectivity index (χ0) is 15.9. The molecule has 0 aromatic heterocycles. The molecule has 8 heteroatoms. The molecule has 0 bridgehead atoms. The summed E-state index contributed by atoms with van der Waals surface area (Å²) < 4.78 is 0. The van der Waals surface area contributed by atoms with Gasteiger partial charge in [-0.15, -0.1) is 12.4 Å². The summed E-state index contributed by atoms with van der Waals surface area (Å²) in [5, 5.41) is 8.69. The van der Waals surface area contributed by atoms with E-state index in [0.29, 0.717) is 24.0 Å². The molecular formula is C15H22Cl2N4O2. The molecule has 0 radical (unpaired) electrons. The second kappa shape index (κ2) is 9.60. The van der Waals surface area contributed by atoms with Crippen molar-refractivity contribution in [2.24, 2.45) is 11.7 Å². The summed E-state index contributed by atoms with van der Waals surface area (Å²) in [5.74, 6) is 0.275. The van der Waals surface area contributed by atoms with Crippen LogP contribution in [0.1, 0.15) is 18.4 Å². The summed E-state index contributed by atoms with van der Waals surface area (Å²) in [7, 11) is 0. The Bertz CT molecular complexity index is 521. The third kappa shape index (κ3) is 7.07. The number of halogens is 2. The molecule has 1 saturated carbocycles. The van der Waals surface area contributed by atoms with Crippen molar-refractivity contribution in [1.82, 2.24) is 16.0 Å². The van der Waals surface area contributed by atoms with E-state index in [2.05, 4.69) is 16.0 Å². The van der Waals surface area contributed by atoms with Gasteiger partial charge in [0.1, 0.15) is 0 Å². The Morgan fingerprint density at radius 3 is 2.43 bits per heavy atom. The van der Waals surface area contributed by atoms with Crippen LogP contribution in [-0.4, -0.2) is 31.1 Å². The molecule has 6 nitrogen and oxygen atoms in total.